The predicted octanol–water partition coefficient (Wildman–Crippen LogP) is 11.2. The third-order valence-electron chi connectivity index (χ3n) is 21.3. The number of amides is 2. The molecule has 3 rings (SSSR count). The van der Waals surface area contributed by atoms with Gasteiger partial charge in [0.15, 0.2) is 12.6 Å². The van der Waals surface area contributed by atoms with E-state index in [0.717, 1.165) is 51.9 Å². The maximum Gasteiger partial charge on any atom is 0.364 e. The standard InChI is InChI=1S/C79H150N2O21/c1-4-6-8-10-12-14-16-18-20-22-24-26-28-29-31-32-34-36-38-40-42-44-46-48-50-52-61(86)60(81-66(89)53-51-49-47-45-43-41-39-37-35-33-30-27-25-23-21-19-17-15-13-11-9-7-5-2)58-97-76-71(93)70(92)73(65(57-84)99-76)100-77-72(94)75(69(91)64(56-83)98-77)102-79(78(95)96)54-62(87)67(80-59(3)85)74(101-79)68(90)63(88)55-82/h60-65,67-77,82-84,86-88,90-94H,4-58H2,1-3H3,(H,80,85)(H,81,89)(H,95,96). The molecule has 0 aliphatic carbocycles. The van der Waals surface area contributed by atoms with Gasteiger partial charge in [0.25, 0.3) is 5.79 Å². The van der Waals surface area contributed by atoms with E-state index in [-0.39, 0.29) is 18.9 Å². The molecule has 102 heavy (non-hydrogen) atoms. The van der Waals surface area contributed by atoms with Crippen LogP contribution in [-0.4, -0.2) is 215 Å². The lowest BCUT2D eigenvalue weighted by molar-refractivity contribution is -0.386. The molecule has 602 valence electrons. The minimum Gasteiger partial charge on any atom is -0.477 e. The number of rotatable bonds is 66. The van der Waals surface area contributed by atoms with Gasteiger partial charge in [0, 0.05) is 19.8 Å². The summed E-state index contributed by atoms with van der Waals surface area (Å²) in [6, 6.07) is -2.53. The molecule has 18 atom stereocenters. The van der Waals surface area contributed by atoms with Crippen LogP contribution in [0.4, 0.5) is 0 Å². The number of nitrogens with one attached hydrogen (secondary N) is 2. The molecule has 14 N–H and O–H groups in total. The van der Waals surface area contributed by atoms with E-state index >= 15 is 0 Å². The minimum atomic E-state index is -3.08. The first-order chi connectivity index (χ1) is 49.4. The summed E-state index contributed by atoms with van der Waals surface area (Å²) in [5.74, 6) is -6.09. The van der Waals surface area contributed by atoms with Crippen LogP contribution >= 0.6 is 0 Å². The van der Waals surface area contributed by atoms with Crippen molar-refractivity contribution in [3.63, 3.8) is 0 Å². The van der Waals surface area contributed by atoms with Crippen LogP contribution in [0, 0.1) is 0 Å². The Balaban J connectivity index is 1.50. The number of hydrogen-bond acceptors (Lipinski definition) is 20. The zero-order valence-electron chi connectivity index (χ0n) is 63.7. The molecule has 0 spiro atoms. The number of aliphatic carboxylic acids is 1. The summed E-state index contributed by atoms with van der Waals surface area (Å²) < 4.78 is 35.0. The van der Waals surface area contributed by atoms with E-state index in [1.165, 1.54) is 250 Å². The van der Waals surface area contributed by atoms with Crippen molar-refractivity contribution >= 4 is 17.8 Å². The van der Waals surface area contributed by atoms with Crippen LogP contribution < -0.4 is 10.6 Å². The molecule has 3 heterocycles. The Morgan fingerprint density at radius 3 is 1.23 bits per heavy atom. The highest BCUT2D eigenvalue weighted by atomic mass is 16.8. The number of carboxylic acids is 1. The maximum atomic E-state index is 13.6. The molecule has 0 radical (unpaired) electrons. The molecule has 0 aromatic heterocycles. The van der Waals surface area contributed by atoms with Gasteiger partial charge < -0.3 is 100 Å². The molecule has 0 bridgehead atoms. The van der Waals surface area contributed by atoms with Crippen molar-refractivity contribution in [2.24, 2.45) is 0 Å². The van der Waals surface area contributed by atoms with E-state index in [1.54, 1.807) is 0 Å². The molecule has 0 aromatic carbocycles. The maximum absolute atomic E-state index is 13.6. The quantitative estimate of drug-likeness (QED) is 0.0252. The molecule has 3 fully saturated rings. The van der Waals surface area contributed by atoms with Crippen molar-refractivity contribution in [2.45, 2.75) is 458 Å². The van der Waals surface area contributed by atoms with Gasteiger partial charge in [0.1, 0.15) is 67.1 Å². The summed E-state index contributed by atoms with van der Waals surface area (Å²) in [4.78, 5) is 38.7. The molecule has 0 aromatic rings. The average Bonchev–Trinajstić information content (AvgIpc) is 0.756. The molecule has 3 aliphatic rings. The lowest BCUT2D eigenvalue weighted by atomic mass is 9.88. The summed E-state index contributed by atoms with van der Waals surface area (Å²) in [6.07, 6.45) is 32.4. The third-order valence-corrected chi connectivity index (χ3v) is 21.3. The smallest absolute Gasteiger partial charge is 0.364 e. The van der Waals surface area contributed by atoms with Gasteiger partial charge in [0.05, 0.1) is 50.7 Å². The van der Waals surface area contributed by atoms with Gasteiger partial charge in [-0.1, -0.05) is 316 Å². The molecule has 18 unspecified atom stereocenters. The van der Waals surface area contributed by atoms with Gasteiger partial charge in [-0.15, -0.1) is 0 Å². The van der Waals surface area contributed by atoms with Crippen LogP contribution in [0.1, 0.15) is 348 Å². The Morgan fingerprint density at radius 1 is 0.471 bits per heavy atom. The SMILES string of the molecule is CCCCCCCCCCCCCCCCCCCCCCCCCCCC(O)C(COC1OC(CO)C(OC2OC(CO)C(O)C(OC3(C(=O)O)CC(O)C(NC(C)=O)C(C(O)C(O)CO)O3)C2O)C(O)C1O)NC(=O)CCCCCCCCCCCCCCCCCCCCCCCCC. The van der Waals surface area contributed by atoms with E-state index in [9.17, 15) is 75.7 Å². The zero-order chi connectivity index (χ0) is 74.6. The predicted molar refractivity (Wildman–Crippen MR) is 394 cm³/mol. The summed E-state index contributed by atoms with van der Waals surface area (Å²) >= 11 is 0. The average molecular weight is 1460 g/mol. The molecule has 23 heteroatoms. The topological polar surface area (TPSA) is 373 Å². The first-order valence-corrected chi connectivity index (χ1v) is 41.4. The number of carbonyl (C=O) groups excluding carboxylic acids is 2. The number of ether oxygens (including phenoxy) is 6. The molecule has 2 amide bonds. The summed E-state index contributed by atoms with van der Waals surface area (Å²) in [7, 11) is 0. The van der Waals surface area contributed by atoms with Crippen molar-refractivity contribution in [3.05, 3.63) is 0 Å². The summed E-state index contributed by atoms with van der Waals surface area (Å²) in [5.41, 5.74) is 0. The number of carbonyl (C=O) groups is 3. The van der Waals surface area contributed by atoms with E-state index in [0.29, 0.717) is 19.3 Å². The molecule has 3 saturated heterocycles. The second-order valence-electron chi connectivity index (χ2n) is 30.4. The second-order valence-corrected chi connectivity index (χ2v) is 30.4. The van der Waals surface area contributed by atoms with Crippen LogP contribution in [0.15, 0.2) is 0 Å². The number of aliphatic hydroxyl groups excluding tert-OH is 11. The molecular formula is C79H150N2O21. The largest absolute Gasteiger partial charge is 0.477 e. The van der Waals surface area contributed by atoms with Gasteiger partial charge >= 0.3 is 5.97 Å². The van der Waals surface area contributed by atoms with Gasteiger partial charge in [0.2, 0.25) is 11.8 Å². The van der Waals surface area contributed by atoms with E-state index < -0.39 is 148 Å². The van der Waals surface area contributed by atoms with E-state index in [4.69, 9.17) is 28.4 Å². The first-order valence-electron chi connectivity index (χ1n) is 41.4. The van der Waals surface area contributed by atoms with Crippen molar-refractivity contribution in [1.82, 2.24) is 10.6 Å². The Morgan fingerprint density at radius 2 is 0.853 bits per heavy atom. The number of carboxylic acid groups (broad SMARTS) is 1. The Hall–Kier alpha value is -2.27. The summed E-state index contributed by atoms with van der Waals surface area (Å²) in [5, 5.41) is 137. The number of unbranched alkanes of at least 4 members (excludes halogenated alkanes) is 46. The van der Waals surface area contributed by atoms with Crippen molar-refractivity contribution in [1.29, 1.82) is 0 Å². The fraction of sp³-hybridized carbons (Fsp3) is 0.962. The number of hydrogen-bond donors (Lipinski definition) is 14. The highest BCUT2D eigenvalue weighted by Gasteiger charge is 2.60. The number of aliphatic hydroxyl groups is 11. The Bertz CT molecular complexity index is 2040. The summed E-state index contributed by atoms with van der Waals surface area (Å²) in [6.45, 7) is 2.28. The second kappa shape index (κ2) is 58.7. The van der Waals surface area contributed by atoms with Crippen LogP contribution in [0.5, 0.6) is 0 Å². The highest BCUT2D eigenvalue weighted by Crippen LogP contribution is 2.39. The first kappa shape index (κ1) is 93.9. The van der Waals surface area contributed by atoms with Crippen molar-refractivity contribution in [3.8, 4) is 0 Å². The Kier molecular flexibility index (Phi) is 54.1. The highest BCUT2D eigenvalue weighted by molar-refractivity contribution is 5.77. The van der Waals surface area contributed by atoms with Crippen LogP contribution in [0.3, 0.4) is 0 Å². The van der Waals surface area contributed by atoms with Crippen LogP contribution in [0.2, 0.25) is 0 Å². The van der Waals surface area contributed by atoms with Crippen molar-refractivity contribution < 1.29 is 104 Å². The van der Waals surface area contributed by atoms with Gasteiger partial charge in [-0.25, -0.2) is 4.79 Å². The third kappa shape index (κ3) is 38.7. The molecule has 3 aliphatic heterocycles. The lowest BCUT2D eigenvalue weighted by Gasteiger charge is -2.50. The van der Waals surface area contributed by atoms with Crippen LogP contribution in [0.25, 0.3) is 0 Å². The van der Waals surface area contributed by atoms with Crippen LogP contribution in [-0.2, 0) is 42.8 Å². The van der Waals surface area contributed by atoms with E-state index in [1.807, 2.05) is 0 Å². The minimum absolute atomic E-state index is 0.230. The van der Waals surface area contributed by atoms with Gasteiger partial charge in [-0.05, 0) is 12.8 Å². The fourth-order valence-corrected chi connectivity index (χ4v) is 14.8. The Labute approximate surface area is 614 Å². The monoisotopic (exact) mass is 1460 g/mol. The zero-order valence-corrected chi connectivity index (χ0v) is 63.7. The molecule has 23 nitrogen and oxygen atoms in total. The molecule has 0 saturated carbocycles. The normalized spacial score (nSPS) is 26.6. The fourth-order valence-electron chi connectivity index (χ4n) is 14.8. The lowest BCUT2D eigenvalue weighted by Crippen LogP contribution is -2.70. The van der Waals surface area contributed by atoms with Gasteiger partial charge in [-0.2, -0.15) is 0 Å². The van der Waals surface area contributed by atoms with Gasteiger partial charge in [-0.3, -0.25) is 9.59 Å². The van der Waals surface area contributed by atoms with Crippen molar-refractivity contribution in [2.75, 3.05) is 26.4 Å². The molecular weight excluding hydrogens is 1310 g/mol. The van der Waals surface area contributed by atoms with E-state index in [2.05, 4.69) is 24.5 Å².